The minimum Gasteiger partial charge on any atom is -0.309 e. The number of hydrogen-bond donors (Lipinski definition) is 1. The van der Waals surface area contributed by atoms with Crippen molar-refractivity contribution in [1.29, 1.82) is 0 Å². The van der Waals surface area contributed by atoms with Crippen LogP contribution in [0.15, 0.2) is 16.2 Å². The lowest BCUT2D eigenvalue weighted by molar-refractivity contribution is 0.154. The lowest BCUT2D eigenvalue weighted by Gasteiger charge is -2.35. The van der Waals surface area contributed by atoms with Crippen LogP contribution in [0.1, 0.15) is 58.4 Å². The molecule has 1 atom stereocenters. The lowest BCUT2D eigenvalue weighted by Crippen LogP contribution is -2.36. The predicted octanol–water partition coefficient (Wildman–Crippen LogP) is 4.43. The molecule has 0 unspecified atom stereocenters. The van der Waals surface area contributed by atoms with Crippen LogP contribution in [0, 0.1) is 5.92 Å². The average molecular weight is 398 g/mol. The minimum absolute atomic E-state index is 0.0746. The number of thiophene rings is 2. The second-order valence-electron chi connectivity index (χ2n) is 8.21. The van der Waals surface area contributed by atoms with Crippen LogP contribution >= 0.6 is 22.7 Å². The molecule has 1 fully saturated rings. The van der Waals surface area contributed by atoms with Gasteiger partial charge in [-0.15, -0.1) is 22.7 Å². The first-order chi connectivity index (χ1) is 13.3. The van der Waals surface area contributed by atoms with Crippen molar-refractivity contribution >= 4 is 32.9 Å². The molecule has 1 aliphatic heterocycles. The van der Waals surface area contributed by atoms with E-state index in [0.29, 0.717) is 6.04 Å². The van der Waals surface area contributed by atoms with Crippen LogP contribution in [0.2, 0.25) is 0 Å². The molecule has 0 bridgehead atoms. The van der Waals surface area contributed by atoms with Crippen LogP contribution in [-0.2, 0) is 25.8 Å². The quantitative estimate of drug-likeness (QED) is 0.711. The molecule has 0 aromatic carbocycles. The van der Waals surface area contributed by atoms with Crippen LogP contribution in [-0.4, -0.2) is 21.4 Å². The van der Waals surface area contributed by atoms with E-state index in [4.69, 9.17) is 4.98 Å². The van der Waals surface area contributed by atoms with Gasteiger partial charge in [0.25, 0.3) is 5.56 Å². The molecule has 0 spiro atoms. The van der Waals surface area contributed by atoms with E-state index in [1.807, 2.05) is 11.3 Å². The number of fused-ring (bicyclic) bond motifs is 4. The van der Waals surface area contributed by atoms with E-state index in [1.165, 1.54) is 41.7 Å². The van der Waals surface area contributed by atoms with Crippen molar-refractivity contribution in [3.8, 4) is 0 Å². The van der Waals surface area contributed by atoms with E-state index in [9.17, 15) is 4.79 Å². The Morgan fingerprint density at radius 2 is 2.07 bits per heavy atom. The van der Waals surface area contributed by atoms with E-state index in [-0.39, 0.29) is 5.56 Å². The summed E-state index contributed by atoms with van der Waals surface area (Å²) in [5, 5.41) is 3.11. The number of nitrogens with one attached hydrogen (secondary N) is 1. The first-order valence-corrected chi connectivity index (χ1v) is 11.8. The molecular formula is C21H23N3OS2. The number of aromatic amines is 1. The fourth-order valence-corrected chi connectivity index (χ4v) is 7.21. The molecule has 140 valence electrons. The summed E-state index contributed by atoms with van der Waals surface area (Å²) in [6.45, 7) is 1.82. The number of aromatic nitrogens is 2. The summed E-state index contributed by atoms with van der Waals surface area (Å²) in [7, 11) is 0. The maximum absolute atomic E-state index is 12.9. The highest BCUT2D eigenvalue weighted by molar-refractivity contribution is 7.18. The Bertz CT molecular complexity index is 1070. The van der Waals surface area contributed by atoms with Gasteiger partial charge in [0.05, 0.1) is 11.9 Å². The number of nitrogens with zero attached hydrogens (tertiary/aromatic N) is 2. The molecule has 3 aromatic heterocycles. The number of aryl methyl sites for hydroxylation is 2. The van der Waals surface area contributed by atoms with Crippen molar-refractivity contribution in [2.24, 2.45) is 5.92 Å². The number of rotatable bonds is 3. The third-order valence-corrected chi connectivity index (χ3v) is 8.60. The largest absolute Gasteiger partial charge is 0.309 e. The van der Waals surface area contributed by atoms with Gasteiger partial charge in [0.1, 0.15) is 10.7 Å². The molecular weight excluding hydrogens is 374 g/mol. The second kappa shape index (κ2) is 6.26. The second-order valence-corrected chi connectivity index (χ2v) is 10.3. The Hall–Kier alpha value is -1.50. The summed E-state index contributed by atoms with van der Waals surface area (Å²) in [4.78, 5) is 27.4. The molecule has 3 aromatic rings. The van der Waals surface area contributed by atoms with Gasteiger partial charge < -0.3 is 4.98 Å². The Kier molecular flexibility index (Phi) is 3.81. The third-order valence-electron chi connectivity index (χ3n) is 6.41. The summed E-state index contributed by atoms with van der Waals surface area (Å²) in [5.41, 5.74) is 2.88. The Balaban J connectivity index is 1.36. The average Bonchev–Trinajstić information content (AvgIpc) is 3.25. The third kappa shape index (κ3) is 2.72. The first kappa shape index (κ1) is 16.5. The van der Waals surface area contributed by atoms with E-state index in [2.05, 4.69) is 21.3 Å². The van der Waals surface area contributed by atoms with Crippen LogP contribution in [0.25, 0.3) is 10.2 Å². The van der Waals surface area contributed by atoms with E-state index in [0.717, 1.165) is 54.3 Å². The van der Waals surface area contributed by atoms with E-state index >= 15 is 0 Å². The van der Waals surface area contributed by atoms with Gasteiger partial charge in [0, 0.05) is 22.3 Å². The van der Waals surface area contributed by atoms with Crippen molar-refractivity contribution in [2.45, 2.75) is 57.5 Å². The van der Waals surface area contributed by atoms with Crippen LogP contribution < -0.4 is 5.56 Å². The highest BCUT2D eigenvalue weighted by Gasteiger charge is 2.40. The molecule has 6 rings (SSSR count). The fraction of sp³-hybridized carbons (Fsp3) is 0.524. The van der Waals surface area contributed by atoms with E-state index in [1.54, 1.807) is 16.2 Å². The van der Waals surface area contributed by atoms with Gasteiger partial charge in [-0.3, -0.25) is 9.69 Å². The van der Waals surface area contributed by atoms with Crippen LogP contribution in [0.4, 0.5) is 0 Å². The van der Waals surface area contributed by atoms with Crippen molar-refractivity contribution in [3.63, 3.8) is 0 Å². The van der Waals surface area contributed by atoms with Crippen LogP contribution in [0.5, 0.6) is 0 Å². The summed E-state index contributed by atoms with van der Waals surface area (Å²) in [6, 6.07) is 2.83. The Morgan fingerprint density at radius 1 is 1.19 bits per heavy atom. The van der Waals surface area contributed by atoms with Gasteiger partial charge in [0.2, 0.25) is 0 Å². The van der Waals surface area contributed by atoms with Gasteiger partial charge in [-0.1, -0.05) is 0 Å². The highest BCUT2D eigenvalue weighted by Crippen LogP contribution is 2.48. The van der Waals surface area contributed by atoms with Gasteiger partial charge >= 0.3 is 0 Å². The molecule has 1 N–H and O–H groups in total. The standard InChI is InChI=1S/C21H23N3OS2/c25-20-18-13-3-1-2-4-16(13)27-21(18)23-17(22-20)11-24-9-7-15-14(8-10-26-15)19(24)12-5-6-12/h8,10,12,19H,1-7,9,11H2,(H,22,23,25)/t19-/m1/s1. The smallest absolute Gasteiger partial charge is 0.259 e. The lowest BCUT2D eigenvalue weighted by atomic mass is 9.96. The minimum atomic E-state index is 0.0746. The normalized spacial score (nSPS) is 22.7. The van der Waals surface area contributed by atoms with Crippen LogP contribution in [0.3, 0.4) is 0 Å². The highest BCUT2D eigenvalue weighted by atomic mass is 32.1. The molecule has 27 heavy (non-hydrogen) atoms. The van der Waals surface area contributed by atoms with E-state index < -0.39 is 0 Å². The molecule has 1 saturated carbocycles. The van der Waals surface area contributed by atoms with Crippen molar-refractivity contribution < 1.29 is 0 Å². The zero-order chi connectivity index (χ0) is 18.0. The van der Waals surface area contributed by atoms with Crippen molar-refractivity contribution in [1.82, 2.24) is 14.9 Å². The maximum atomic E-state index is 12.9. The maximum Gasteiger partial charge on any atom is 0.259 e. The molecule has 0 radical (unpaired) electrons. The molecule has 6 heteroatoms. The van der Waals surface area contributed by atoms with Gasteiger partial charge in [0.15, 0.2) is 0 Å². The monoisotopic (exact) mass is 397 g/mol. The van der Waals surface area contributed by atoms with Gasteiger partial charge in [-0.25, -0.2) is 4.98 Å². The molecule has 2 aliphatic carbocycles. The first-order valence-electron chi connectivity index (χ1n) is 10.1. The fourth-order valence-electron chi connectivity index (χ4n) is 5.02. The summed E-state index contributed by atoms with van der Waals surface area (Å²) in [5.74, 6) is 1.62. The molecule has 4 heterocycles. The zero-order valence-corrected chi connectivity index (χ0v) is 16.9. The van der Waals surface area contributed by atoms with Gasteiger partial charge in [-0.2, -0.15) is 0 Å². The number of hydrogen-bond acceptors (Lipinski definition) is 5. The number of H-pyrrole nitrogens is 1. The summed E-state index contributed by atoms with van der Waals surface area (Å²) < 4.78 is 0. The van der Waals surface area contributed by atoms with Crippen molar-refractivity contribution in [2.75, 3.05) is 6.54 Å². The predicted molar refractivity (Wildman–Crippen MR) is 111 cm³/mol. The Labute approximate surface area is 166 Å². The topological polar surface area (TPSA) is 49.0 Å². The van der Waals surface area contributed by atoms with Crippen molar-refractivity contribution in [3.05, 3.63) is 48.5 Å². The molecule has 0 amide bonds. The SMILES string of the molecule is O=c1[nH]c(CN2CCc3sccc3[C@H]2C2CC2)nc2sc3c(c12)CCCC3. The molecule has 0 saturated heterocycles. The summed E-state index contributed by atoms with van der Waals surface area (Å²) in [6.07, 6.45) is 8.37. The summed E-state index contributed by atoms with van der Waals surface area (Å²) >= 11 is 3.66. The zero-order valence-electron chi connectivity index (χ0n) is 15.3. The Morgan fingerprint density at radius 3 is 2.96 bits per heavy atom. The molecule has 3 aliphatic rings. The molecule has 4 nitrogen and oxygen atoms in total. The van der Waals surface area contributed by atoms with Gasteiger partial charge in [-0.05, 0) is 73.4 Å².